The Bertz CT molecular complexity index is 874. The van der Waals surface area contributed by atoms with E-state index in [0.717, 1.165) is 0 Å². The fourth-order valence-electron chi connectivity index (χ4n) is 3.36. The molecule has 1 aliphatic rings. The first-order chi connectivity index (χ1) is 14.0. The number of methoxy groups -OCH3 is 3. The van der Waals surface area contributed by atoms with Gasteiger partial charge in [-0.3, -0.25) is 4.79 Å². The maximum Gasteiger partial charge on any atom is 0.257 e. The van der Waals surface area contributed by atoms with Crippen LogP contribution in [0.15, 0.2) is 36.4 Å². The molecular formula is C21H24FNO6. The van der Waals surface area contributed by atoms with Crippen LogP contribution in [0.1, 0.15) is 16.8 Å². The molecule has 29 heavy (non-hydrogen) atoms. The van der Waals surface area contributed by atoms with Gasteiger partial charge in [-0.2, -0.15) is 0 Å². The molecule has 1 heterocycles. The van der Waals surface area contributed by atoms with Gasteiger partial charge in [0.1, 0.15) is 18.0 Å². The second-order valence-corrected chi connectivity index (χ2v) is 6.60. The number of carbonyl (C=O) groups is 1. The summed E-state index contributed by atoms with van der Waals surface area (Å²) in [6.45, 7) is 0.470. The van der Waals surface area contributed by atoms with Crippen LogP contribution in [0.25, 0.3) is 0 Å². The molecule has 1 saturated heterocycles. The molecule has 0 aromatic heterocycles. The molecule has 1 aliphatic heterocycles. The van der Waals surface area contributed by atoms with Gasteiger partial charge in [0, 0.05) is 19.0 Å². The summed E-state index contributed by atoms with van der Waals surface area (Å²) >= 11 is 0. The molecule has 3 rings (SSSR count). The lowest BCUT2D eigenvalue weighted by atomic mass is 10.0. The van der Waals surface area contributed by atoms with Crippen LogP contribution in [0.3, 0.4) is 0 Å². The summed E-state index contributed by atoms with van der Waals surface area (Å²) in [6.07, 6.45) is -1.07. The van der Waals surface area contributed by atoms with E-state index in [0.29, 0.717) is 35.8 Å². The van der Waals surface area contributed by atoms with E-state index in [1.807, 2.05) is 0 Å². The highest BCUT2D eigenvalue weighted by Gasteiger charge is 2.33. The van der Waals surface area contributed by atoms with Gasteiger partial charge < -0.3 is 29.0 Å². The summed E-state index contributed by atoms with van der Waals surface area (Å²) < 4.78 is 34.9. The average Bonchev–Trinajstić information content (AvgIpc) is 2.74. The SMILES string of the molecule is COc1cc(F)ccc1O[C@@H]1CCN(C(=O)c2cccc(OC)c2OC)C[C@H]1O. The van der Waals surface area contributed by atoms with Crippen molar-refractivity contribution in [2.24, 2.45) is 0 Å². The first-order valence-electron chi connectivity index (χ1n) is 9.17. The second-order valence-electron chi connectivity index (χ2n) is 6.60. The lowest BCUT2D eigenvalue weighted by molar-refractivity contribution is -0.0208. The molecule has 0 bridgehead atoms. The summed E-state index contributed by atoms with van der Waals surface area (Å²) in [6, 6.07) is 9.01. The van der Waals surface area contributed by atoms with Crippen molar-refractivity contribution in [3.8, 4) is 23.0 Å². The van der Waals surface area contributed by atoms with Crippen LogP contribution in [0.2, 0.25) is 0 Å². The van der Waals surface area contributed by atoms with Crippen molar-refractivity contribution in [2.75, 3.05) is 34.4 Å². The smallest absolute Gasteiger partial charge is 0.257 e. The summed E-state index contributed by atoms with van der Waals surface area (Å²) in [7, 11) is 4.39. The van der Waals surface area contributed by atoms with Gasteiger partial charge in [-0.05, 0) is 24.3 Å². The molecular weight excluding hydrogens is 381 g/mol. The Balaban J connectivity index is 1.71. The summed E-state index contributed by atoms with van der Waals surface area (Å²) in [5, 5.41) is 10.6. The number of likely N-dealkylation sites (tertiary alicyclic amines) is 1. The van der Waals surface area contributed by atoms with Crippen LogP contribution in [0.5, 0.6) is 23.0 Å². The van der Waals surface area contributed by atoms with Gasteiger partial charge in [0.2, 0.25) is 0 Å². The first-order valence-corrected chi connectivity index (χ1v) is 9.17. The van der Waals surface area contributed by atoms with Gasteiger partial charge in [-0.25, -0.2) is 4.39 Å². The minimum atomic E-state index is -0.918. The van der Waals surface area contributed by atoms with Crippen LogP contribution >= 0.6 is 0 Å². The van der Waals surface area contributed by atoms with Gasteiger partial charge in [0.25, 0.3) is 5.91 Å². The van der Waals surface area contributed by atoms with Crippen LogP contribution in [-0.4, -0.2) is 62.5 Å². The van der Waals surface area contributed by atoms with Crippen LogP contribution in [0, 0.1) is 5.82 Å². The van der Waals surface area contributed by atoms with E-state index in [1.165, 1.54) is 39.5 Å². The number of piperidine rings is 1. The Hall–Kier alpha value is -3.00. The monoisotopic (exact) mass is 405 g/mol. The van der Waals surface area contributed by atoms with E-state index in [4.69, 9.17) is 18.9 Å². The second kappa shape index (κ2) is 9.00. The Morgan fingerprint density at radius 1 is 1.07 bits per heavy atom. The molecule has 1 amide bonds. The zero-order valence-corrected chi connectivity index (χ0v) is 16.6. The van der Waals surface area contributed by atoms with E-state index in [1.54, 1.807) is 23.1 Å². The van der Waals surface area contributed by atoms with Crippen molar-refractivity contribution in [1.29, 1.82) is 0 Å². The van der Waals surface area contributed by atoms with Gasteiger partial charge in [0.15, 0.2) is 23.0 Å². The predicted molar refractivity (Wildman–Crippen MR) is 103 cm³/mol. The third-order valence-corrected chi connectivity index (χ3v) is 4.84. The summed E-state index contributed by atoms with van der Waals surface area (Å²) in [4.78, 5) is 14.5. The molecule has 0 unspecified atom stereocenters. The van der Waals surface area contributed by atoms with Gasteiger partial charge in [0.05, 0.1) is 33.4 Å². The minimum absolute atomic E-state index is 0.0906. The van der Waals surface area contributed by atoms with Gasteiger partial charge in [-0.1, -0.05) is 6.07 Å². The number of carbonyl (C=O) groups excluding carboxylic acids is 1. The molecule has 2 atom stereocenters. The molecule has 0 spiro atoms. The fourth-order valence-corrected chi connectivity index (χ4v) is 3.36. The van der Waals surface area contributed by atoms with Crippen molar-refractivity contribution in [1.82, 2.24) is 4.90 Å². The number of nitrogens with zero attached hydrogens (tertiary/aromatic N) is 1. The third-order valence-electron chi connectivity index (χ3n) is 4.84. The number of ether oxygens (including phenoxy) is 4. The fraction of sp³-hybridized carbons (Fsp3) is 0.381. The highest BCUT2D eigenvalue weighted by atomic mass is 19.1. The highest BCUT2D eigenvalue weighted by molar-refractivity contribution is 5.98. The number of β-amino-alcohol motifs (C(OH)–C–C–N with tert-alkyl or cyclic N) is 1. The van der Waals surface area contributed by atoms with Gasteiger partial charge >= 0.3 is 0 Å². The van der Waals surface area contributed by atoms with Crippen LogP contribution in [0.4, 0.5) is 4.39 Å². The average molecular weight is 405 g/mol. The normalized spacial score (nSPS) is 18.9. The van der Waals surface area contributed by atoms with E-state index in [-0.39, 0.29) is 18.2 Å². The molecule has 0 aliphatic carbocycles. The molecule has 1 fully saturated rings. The zero-order valence-electron chi connectivity index (χ0n) is 16.6. The van der Waals surface area contributed by atoms with E-state index < -0.39 is 18.0 Å². The number of hydrogen-bond acceptors (Lipinski definition) is 6. The molecule has 1 N–H and O–H groups in total. The topological polar surface area (TPSA) is 77.5 Å². The van der Waals surface area contributed by atoms with Crippen LogP contribution < -0.4 is 18.9 Å². The van der Waals surface area contributed by atoms with Crippen molar-refractivity contribution in [3.05, 3.63) is 47.8 Å². The molecule has 7 nitrogen and oxygen atoms in total. The number of halogens is 1. The predicted octanol–water partition coefficient (Wildman–Crippen LogP) is 2.51. The molecule has 8 heteroatoms. The Kier molecular flexibility index (Phi) is 6.43. The van der Waals surface area contributed by atoms with E-state index in [2.05, 4.69) is 0 Å². The molecule has 0 saturated carbocycles. The summed E-state index contributed by atoms with van der Waals surface area (Å²) in [5.41, 5.74) is 0.360. The van der Waals surface area contributed by atoms with E-state index >= 15 is 0 Å². The Morgan fingerprint density at radius 3 is 2.48 bits per heavy atom. The number of amides is 1. The van der Waals surface area contributed by atoms with Gasteiger partial charge in [-0.15, -0.1) is 0 Å². The zero-order chi connectivity index (χ0) is 21.0. The van der Waals surface area contributed by atoms with Crippen molar-refractivity contribution in [2.45, 2.75) is 18.6 Å². The summed E-state index contributed by atoms with van der Waals surface area (Å²) in [5.74, 6) is 0.688. The number of benzene rings is 2. The quantitative estimate of drug-likeness (QED) is 0.796. The maximum absolute atomic E-state index is 13.4. The van der Waals surface area contributed by atoms with Crippen molar-refractivity contribution < 1.29 is 33.2 Å². The minimum Gasteiger partial charge on any atom is -0.493 e. The van der Waals surface area contributed by atoms with Crippen LogP contribution in [-0.2, 0) is 0 Å². The molecule has 2 aromatic rings. The molecule has 156 valence electrons. The largest absolute Gasteiger partial charge is 0.493 e. The number of aliphatic hydroxyl groups is 1. The van der Waals surface area contributed by atoms with Crippen molar-refractivity contribution >= 4 is 5.91 Å². The third kappa shape index (κ3) is 4.37. The first kappa shape index (κ1) is 20.7. The number of rotatable bonds is 6. The lowest BCUT2D eigenvalue weighted by Crippen LogP contribution is -2.51. The number of hydrogen-bond donors (Lipinski definition) is 1. The maximum atomic E-state index is 13.4. The Morgan fingerprint density at radius 2 is 1.83 bits per heavy atom. The molecule has 2 aromatic carbocycles. The van der Waals surface area contributed by atoms with Crippen molar-refractivity contribution in [3.63, 3.8) is 0 Å². The number of aliphatic hydroxyl groups excluding tert-OH is 1. The number of para-hydroxylation sites is 1. The Labute approximate surface area is 168 Å². The lowest BCUT2D eigenvalue weighted by Gasteiger charge is -2.36. The molecule has 0 radical (unpaired) electrons. The standard InChI is InChI=1S/C21H24FNO6/c1-26-18-6-4-5-14(20(18)28-3)21(25)23-10-9-16(15(24)12-23)29-17-8-7-13(22)11-19(17)27-2/h4-8,11,15-16,24H,9-10,12H2,1-3H3/t15-,16-/m1/s1. The highest BCUT2D eigenvalue weighted by Crippen LogP contribution is 2.33. The van der Waals surface area contributed by atoms with E-state index in [9.17, 15) is 14.3 Å².